The third kappa shape index (κ3) is 4.56. The van der Waals surface area contributed by atoms with E-state index in [1.165, 1.54) is 0 Å². The lowest BCUT2D eigenvalue weighted by atomic mass is 9.95. The molecule has 2 rings (SSSR count). The van der Waals surface area contributed by atoms with Gasteiger partial charge in [-0.25, -0.2) is 0 Å². The van der Waals surface area contributed by atoms with E-state index in [9.17, 15) is 5.26 Å². The first-order valence-electron chi connectivity index (χ1n) is 8.20. The number of hydrogen-bond acceptors (Lipinski definition) is 5. The largest absolute Gasteiger partial charge is 0.480 e. The predicted molar refractivity (Wildman–Crippen MR) is 102 cm³/mol. The molecule has 0 N–H and O–H groups in total. The lowest BCUT2D eigenvalue weighted by Crippen LogP contribution is -2.20. The number of rotatable bonds is 3. The number of hydrogen-bond donors (Lipinski definition) is 0. The summed E-state index contributed by atoms with van der Waals surface area (Å²) in [6.07, 6.45) is 16.8. The Morgan fingerprint density at radius 3 is 2.33 bits per heavy atom. The molecule has 0 amide bonds. The first-order chi connectivity index (χ1) is 12.9. The van der Waals surface area contributed by atoms with Crippen LogP contribution in [0.4, 0.5) is 0 Å². The van der Waals surface area contributed by atoms with E-state index in [0.717, 1.165) is 5.57 Å². The standard InChI is InChI=1S/C22H18N4O/c1-22(2)20(19(16-25)21(27-22)18(14-23)15-24)9-7-5-4-6-8-17-10-12-26(3)13-11-17/h4-7,9-13H,1-3H3. The lowest BCUT2D eigenvalue weighted by molar-refractivity contribution is 0.0954. The molecule has 0 saturated carbocycles. The lowest BCUT2D eigenvalue weighted by Gasteiger charge is -2.20. The Labute approximate surface area is 159 Å². The van der Waals surface area contributed by atoms with Gasteiger partial charge in [0.05, 0.1) is 0 Å². The van der Waals surface area contributed by atoms with E-state index in [0.29, 0.717) is 5.57 Å². The zero-order valence-electron chi connectivity index (χ0n) is 15.4. The van der Waals surface area contributed by atoms with Crippen LogP contribution in [0.25, 0.3) is 0 Å². The maximum atomic E-state index is 9.45. The van der Waals surface area contributed by atoms with Gasteiger partial charge < -0.3 is 9.64 Å². The third-order valence-corrected chi connectivity index (χ3v) is 3.87. The minimum Gasteiger partial charge on any atom is -0.480 e. The van der Waals surface area contributed by atoms with E-state index in [2.05, 4.69) is 5.73 Å². The van der Waals surface area contributed by atoms with Crippen molar-refractivity contribution >= 4 is 0 Å². The van der Waals surface area contributed by atoms with E-state index < -0.39 is 5.60 Å². The zero-order valence-corrected chi connectivity index (χ0v) is 15.4. The molecule has 0 aromatic rings. The maximum absolute atomic E-state index is 9.45. The molecule has 5 heteroatoms. The van der Waals surface area contributed by atoms with E-state index in [1.807, 2.05) is 54.7 Å². The van der Waals surface area contributed by atoms with Gasteiger partial charge >= 0.3 is 0 Å². The van der Waals surface area contributed by atoms with Crippen molar-refractivity contribution in [1.82, 2.24) is 4.90 Å². The second-order valence-electron chi connectivity index (χ2n) is 6.25. The SMILES string of the molecule is CN1C=CC(=C=CC=CC=CC2=C(C#N)C(=C(C#N)C#N)OC2(C)C)C=C1. The molecule has 0 radical (unpaired) electrons. The highest BCUT2D eigenvalue weighted by atomic mass is 16.5. The molecule has 132 valence electrons. The molecular weight excluding hydrogens is 336 g/mol. The summed E-state index contributed by atoms with van der Waals surface area (Å²) in [6.45, 7) is 3.58. The van der Waals surface area contributed by atoms with Crippen molar-refractivity contribution in [3.05, 3.63) is 88.7 Å². The Morgan fingerprint density at radius 1 is 1.07 bits per heavy atom. The smallest absolute Gasteiger partial charge is 0.172 e. The summed E-state index contributed by atoms with van der Waals surface area (Å²) in [6, 6.07) is 5.59. The van der Waals surface area contributed by atoms with Crippen molar-refractivity contribution in [3.63, 3.8) is 0 Å². The molecule has 27 heavy (non-hydrogen) atoms. The van der Waals surface area contributed by atoms with Crippen molar-refractivity contribution in [2.75, 3.05) is 7.05 Å². The van der Waals surface area contributed by atoms with Crippen molar-refractivity contribution in [3.8, 4) is 18.2 Å². The average Bonchev–Trinajstić information content (AvgIpc) is 2.90. The van der Waals surface area contributed by atoms with Crippen LogP contribution in [-0.4, -0.2) is 17.5 Å². The van der Waals surface area contributed by atoms with Gasteiger partial charge in [-0.1, -0.05) is 24.3 Å². The van der Waals surface area contributed by atoms with Crippen molar-refractivity contribution in [2.45, 2.75) is 19.4 Å². The second-order valence-corrected chi connectivity index (χ2v) is 6.25. The normalized spacial score (nSPS) is 17.6. The van der Waals surface area contributed by atoms with Crippen LogP contribution in [0.15, 0.2) is 88.7 Å². The molecule has 0 atom stereocenters. The van der Waals surface area contributed by atoms with Gasteiger partial charge in [0, 0.05) is 30.6 Å². The highest BCUT2D eigenvalue weighted by Gasteiger charge is 2.38. The molecule has 0 bridgehead atoms. The fourth-order valence-electron chi connectivity index (χ4n) is 2.50. The molecule has 2 aliphatic heterocycles. The minimum atomic E-state index is -0.800. The van der Waals surface area contributed by atoms with Gasteiger partial charge in [0.1, 0.15) is 29.4 Å². The van der Waals surface area contributed by atoms with Crippen molar-refractivity contribution in [1.29, 1.82) is 15.8 Å². The van der Waals surface area contributed by atoms with Crippen LogP contribution in [0, 0.1) is 34.0 Å². The van der Waals surface area contributed by atoms with Crippen LogP contribution < -0.4 is 0 Å². The monoisotopic (exact) mass is 354 g/mol. The summed E-state index contributed by atoms with van der Waals surface area (Å²) in [5, 5.41) is 27.6. The number of ether oxygens (including phenoxy) is 1. The van der Waals surface area contributed by atoms with Crippen LogP contribution in [0.1, 0.15) is 13.8 Å². The molecule has 0 unspecified atom stereocenters. The highest BCUT2D eigenvalue weighted by molar-refractivity contribution is 5.60. The van der Waals surface area contributed by atoms with E-state index in [1.54, 1.807) is 44.2 Å². The summed E-state index contributed by atoms with van der Waals surface area (Å²) in [5.74, 6) is 0.0431. The average molecular weight is 354 g/mol. The molecule has 0 fully saturated rings. The molecule has 0 saturated heterocycles. The summed E-state index contributed by atoms with van der Waals surface area (Å²) in [7, 11) is 1.95. The molecule has 0 aromatic heterocycles. The summed E-state index contributed by atoms with van der Waals surface area (Å²) in [4.78, 5) is 1.95. The predicted octanol–water partition coefficient (Wildman–Crippen LogP) is 4.08. The van der Waals surface area contributed by atoms with Gasteiger partial charge in [-0.05, 0) is 32.1 Å². The van der Waals surface area contributed by atoms with Gasteiger partial charge in [-0.3, -0.25) is 0 Å². The molecule has 2 aliphatic rings. The van der Waals surface area contributed by atoms with E-state index >= 15 is 0 Å². The molecule has 5 nitrogen and oxygen atoms in total. The second kappa shape index (κ2) is 8.41. The Kier molecular flexibility index (Phi) is 6.03. The topological polar surface area (TPSA) is 83.8 Å². The van der Waals surface area contributed by atoms with Gasteiger partial charge in [-0.15, -0.1) is 5.73 Å². The van der Waals surface area contributed by atoms with Crippen LogP contribution in [0.2, 0.25) is 0 Å². The fourth-order valence-corrected chi connectivity index (χ4v) is 2.50. The quantitative estimate of drug-likeness (QED) is 0.433. The highest BCUT2D eigenvalue weighted by Crippen LogP contribution is 2.39. The third-order valence-electron chi connectivity index (χ3n) is 3.87. The van der Waals surface area contributed by atoms with Crippen LogP contribution in [0.3, 0.4) is 0 Å². The molecule has 2 heterocycles. The number of nitriles is 3. The van der Waals surface area contributed by atoms with Gasteiger partial charge in [0.25, 0.3) is 0 Å². The van der Waals surface area contributed by atoms with Gasteiger partial charge in [0.2, 0.25) is 0 Å². The summed E-state index contributed by atoms with van der Waals surface area (Å²) < 4.78 is 5.70. The number of allylic oxidation sites excluding steroid dienone is 8. The Hall–Kier alpha value is -3.97. The van der Waals surface area contributed by atoms with E-state index in [-0.39, 0.29) is 16.9 Å². The van der Waals surface area contributed by atoms with Gasteiger partial charge in [0.15, 0.2) is 11.3 Å². The summed E-state index contributed by atoms with van der Waals surface area (Å²) in [5.41, 5.74) is 3.95. The van der Waals surface area contributed by atoms with Crippen LogP contribution >= 0.6 is 0 Å². The van der Waals surface area contributed by atoms with Gasteiger partial charge in [-0.2, -0.15) is 15.8 Å². The Bertz CT molecular complexity index is 970. The fraction of sp³-hybridized carbons (Fsp3) is 0.182. The van der Waals surface area contributed by atoms with E-state index in [4.69, 9.17) is 15.3 Å². The Morgan fingerprint density at radius 2 is 1.74 bits per heavy atom. The Balaban J connectivity index is 2.25. The van der Waals surface area contributed by atoms with Crippen LogP contribution in [-0.2, 0) is 4.74 Å². The van der Waals surface area contributed by atoms with Crippen molar-refractivity contribution in [2.24, 2.45) is 0 Å². The first-order valence-corrected chi connectivity index (χ1v) is 8.20. The molecule has 0 spiro atoms. The summed E-state index contributed by atoms with van der Waals surface area (Å²) >= 11 is 0. The first kappa shape index (κ1) is 19.4. The van der Waals surface area contributed by atoms with Crippen LogP contribution in [0.5, 0.6) is 0 Å². The molecule has 0 aromatic carbocycles. The maximum Gasteiger partial charge on any atom is 0.172 e. The molecule has 0 aliphatic carbocycles. The minimum absolute atomic E-state index is 0.0431. The van der Waals surface area contributed by atoms with Crippen molar-refractivity contribution < 1.29 is 4.74 Å². The zero-order chi connectivity index (χ0) is 19.9. The number of nitrogens with zero attached hydrogens (tertiary/aromatic N) is 4. The molecular formula is C22H18N4O.